The van der Waals surface area contributed by atoms with Gasteiger partial charge in [-0.2, -0.15) is 0 Å². The van der Waals surface area contributed by atoms with Crippen LogP contribution in [0.25, 0.3) is 16.7 Å². The van der Waals surface area contributed by atoms with E-state index in [2.05, 4.69) is 41.9 Å². The number of hydrogen-bond acceptors (Lipinski definition) is 3. The van der Waals surface area contributed by atoms with E-state index in [1.54, 1.807) is 0 Å². The van der Waals surface area contributed by atoms with Crippen molar-refractivity contribution in [2.24, 2.45) is 0 Å². The smallest absolute Gasteiger partial charge is 0.222 e. The highest BCUT2D eigenvalue weighted by Gasteiger charge is 2.16. The average Bonchev–Trinajstić information content (AvgIpc) is 2.91. The Bertz CT molecular complexity index is 627. The highest BCUT2D eigenvalue weighted by Crippen LogP contribution is 2.26. The van der Waals surface area contributed by atoms with E-state index in [9.17, 15) is 0 Å². The maximum atomic E-state index is 5.90. The fourth-order valence-electron chi connectivity index (χ4n) is 2.76. The molecule has 1 aromatic heterocycles. The van der Waals surface area contributed by atoms with Gasteiger partial charge in [0, 0.05) is 18.7 Å². The minimum absolute atomic E-state index is 0.810. The quantitative estimate of drug-likeness (QED) is 0.844. The Morgan fingerprint density at radius 2 is 2.20 bits per heavy atom. The third-order valence-corrected chi connectivity index (χ3v) is 3.97. The van der Waals surface area contributed by atoms with Crippen LogP contribution in [0.15, 0.2) is 28.7 Å². The number of hydrogen-bond donors (Lipinski definition) is 0. The Morgan fingerprint density at radius 3 is 2.90 bits per heavy atom. The molecule has 0 atom stereocenters. The molecule has 0 saturated heterocycles. The minimum atomic E-state index is 0.810. The highest BCUT2D eigenvalue weighted by atomic mass is 16.3. The fourth-order valence-corrected chi connectivity index (χ4v) is 2.76. The zero-order valence-corrected chi connectivity index (χ0v) is 12.4. The Labute approximate surface area is 120 Å². The summed E-state index contributed by atoms with van der Waals surface area (Å²) in [6.07, 6.45) is 5.55. The Balaban J connectivity index is 1.84. The predicted octanol–water partition coefficient (Wildman–Crippen LogP) is 3.89. The molecule has 20 heavy (non-hydrogen) atoms. The van der Waals surface area contributed by atoms with Gasteiger partial charge in [-0.3, -0.25) is 4.90 Å². The van der Waals surface area contributed by atoms with Crippen molar-refractivity contribution in [2.45, 2.75) is 33.1 Å². The first-order chi connectivity index (χ1) is 9.80. The number of nitrogens with zero attached hydrogens (tertiary/aromatic N) is 2. The minimum Gasteiger partial charge on any atom is -0.436 e. The SMILES string of the molecule is CCCN1CC=C(c2nc3cc(CC)ccc3o2)CC1. The molecule has 0 saturated carbocycles. The zero-order chi connectivity index (χ0) is 13.9. The summed E-state index contributed by atoms with van der Waals surface area (Å²) in [5.41, 5.74) is 4.45. The topological polar surface area (TPSA) is 29.3 Å². The van der Waals surface area contributed by atoms with Crippen LogP contribution in [0.2, 0.25) is 0 Å². The average molecular weight is 270 g/mol. The van der Waals surface area contributed by atoms with Gasteiger partial charge in [0.25, 0.3) is 0 Å². The normalized spacial score (nSPS) is 16.6. The lowest BCUT2D eigenvalue weighted by Gasteiger charge is -2.24. The molecule has 0 radical (unpaired) electrons. The van der Waals surface area contributed by atoms with E-state index < -0.39 is 0 Å². The Kier molecular flexibility index (Phi) is 3.88. The van der Waals surface area contributed by atoms with E-state index in [1.165, 1.54) is 24.1 Å². The van der Waals surface area contributed by atoms with Crippen LogP contribution in [0.1, 0.15) is 38.1 Å². The van der Waals surface area contributed by atoms with Gasteiger partial charge in [-0.25, -0.2) is 4.98 Å². The molecule has 3 heteroatoms. The van der Waals surface area contributed by atoms with Crippen LogP contribution in [-0.4, -0.2) is 29.5 Å². The second-order valence-electron chi connectivity index (χ2n) is 5.45. The number of oxazole rings is 1. The van der Waals surface area contributed by atoms with Gasteiger partial charge < -0.3 is 4.42 Å². The van der Waals surface area contributed by atoms with Gasteiger partial charge in [0.15, 0.2) is 5.58 Å². The summed E-state index contributed by atoms with van der Waals surface area (Å²) in [5, 5.41) is 0. The lowest BCUT2D eigenvalue weighted by molar-refractivity contribution is 0.301. The number of benzene rings is 1. The van der Waals surface area contributed by atoms with Crippen molar-refractivity contribution in [2.75, 3.05) is 19.6 Å². The van der Waals surface area contributed by atoms with Gasteiger partial charge in [0.2, 0.25) is 5.89 Å². The van der Waals surface area contributed by atoms with Crippen molar-refractivity contribution < 1.29 is 4.42 Å². The first kappa shape index (κ1) is 13.4. The molecule has 0 spiro atoms. The van der Waals surface area contributed by atoms with Crippen LogP contribution < -0.4 is 0 Å². The van der Waals surface area contributed by atoms with Crippen LogP contribution in [0.4, 0.5) is 0 Å². The summed E-state index contributed by atoms with van der Waals surface area (Å²) in [4.78, 5) is 7.14. The van der Waals surface area contributed by atoms with Crippen LogP contribution in [0.3, 0.4) is 0 Å². The van der Waals surface area contributed by atoms with E-state index >= 15 is 0 Å². The third-order valence-electron chi connectivity index (χ3n) is 3.97. The van der Waals surface area contributed by atoms with Gasteiger partial charge >= 0.3 is 0 Å². The van der Waals surface area contributed by atoms with E-state index in [0.717, 1.165) is 42.9 Å². The molecule has 1 aliphatic rings. The molecule has 2 heterocycles. The van der Waals surface area contributed by atoms with Gasteiger partial charge in [-0.1, -0.05) is 26.0 Å². The summed E-state index contributed by atoms with van der Waals surface area (Å²) in [5.74, 6) is 0.810. The highest BCUT2D eigenvalue weighted by molar-refractivity contribution is 5.76. The van der Waals surface area contributed by atoms with Crippen LogP contribution >= 0.6 is 0 Å². The number of rotatable bonds is 4. The molecule has 106 valence electrons. The zero-order valence-electron chi connectivity index (χ0n) is 12.4. The van der Waals surface area contributed by atoms with E-state index in [-0.39, 0.29) is 0 Å². The van der Waals surface area contributed by atoms with Gasteiger partial charge in [0.1, 0.15) is 5.52 Å². The number of aryl methyl sites for hydroxylation is 1. The van der Waals surface area contributed by atoms with Gasteiger partial charge in [-0.05, 0) is 43.5 Å². The van der Waals surface area contributed by atoms with Gasteiger partial charge in [-0.15, -0.1) is 0 Å². The molecule has 3 rings (SSSR count). The molecule has 0 unspecified atom stereocenters. The molecule has 0 bridgehead atoms. The van der Waals surface area contributed by atoms with Crippen LogP contribution in [0.5, 0.6) is 0 Å². The summed E-state index contributed by atoms with van der Waals surface area (Å²) in [6, 6.07) is 6.29. The van der Waals surface area contributed by atoms with Crippen LogP contribution in [0, 0.1) is 0 Å². The standard InChI is InChI=1S/C17H22N2O/c1-3-9-19-10-7-14(8-11-19)17-18-15-12-13(4-2)5-6-16(15)20-17/h5-7,12H,3-4,8-11H2,1-2H3. The summed E-state index contributed by atoms with van der Waals surface area (Å²) >= 11 is 0. The van der Waals surface area contributed by atoms with Crippen molar-refractivity contribution in [1.29, 1.82) is 0 Å². The molecule has 3 nitrogen and oxygen atoms in total. The Morgan fingerprint density at radius 1 is 1.30 bits per heavy atom. The van der Waals surface area contributed by atoms with E-state index in [0.29, 0.717) is 0 Å². The molecule has 1 aromatic carbocycles. The molecule has 1 aliphatic heterocycles. The fraction of sp³-hybridized carbons (Fsp3) is 0.471. The second-order valence-corrected chi connectivity index (χ2v) is 5.45. The first-order valence-corrected chi connectivity index (χ1v) is 7.61. The van der Waals surface area contributed by atoms with Crippen molar-refractivity contribution in [1.82, 2.24) is 9.88 Å². The van der Waals surface area contributed by atoms with Crippen molar-refractivity contribution in [3.8, 4) is 0 Å². The van der Waals surface area contributed by atoms with E-state index in [1.807, 2.05) is 6.07 Å². The maximum absolute atomic E-state index is 5.90. The van der Waals surface area contributed by atoms with Crippen molar-refractivity contribution in [3.63, 3.8) is 0 Å². The summed E-state index contributed by atoms with van der Waals surface area (Å²) in [6.45, 7) is 7.69. The van der Waals surface area contributed by atoms with Crippen molar-refractivity contribution >= 4 is 16.7 Å². The monoisotopic (exact) mass is 270 g/mol. The second kappa shape index (κ2) is 5.80. The maximum Gasteiger partial charge on any atom is 0.222 e. The summed E-state index contributed by atoms with van der Waals surface area (Å²) in [7, 11) is 0. The van der Waals surface area contributed by atoms with Gasteiger partial charge in [0.05, 0.1) is 0 Å². The number of fused-ring (bicyclic) bond motifs is 1. The lowest BCUT2D eigenvalue weighted by atomic mass is 10.1. The van der Waals surface area contributed by atoms with E-state index in [4.69, 9.17) is 4.42 Å². The molecule has 0 N–H and O–H groups in total. The molecule has 0 aliphatic carbocycles. The van der Waals surface area contributed by atoms with Crippen molar-refractivity contribution in [3.05, 3.63) is 35.7 Å². The molecule has 0 fully saturated rings. The first-order valence-electron chi connectivity index (χ1n) is 7.61. The third kappa shape index (κ3) is 2.63. The van der Waals surface area contributed by atoms with Crippen LogP contribution in [-0.2, 0) is 6.42 Å². The largest absolute Gasteiger partial charge is 0.436 e. The number of aromatic nitrogens is 1. The molecular weight excluding hydrogens is 248 g/mol. The molecule has 0 amide bonds. The summed E-state index contributed by atoms with van der Waals surface area (Å²) < 4.78 is 5.90. The molecular formula is C17H22N2O. The molecule has 2 aromatic rings. The lowest BCUT2D eigenvalue weighted by Crippen LogP contribution is -2.29. The predicted molar refractivity (Wildman–Crippen MR) is 82.7 cm³/mol. The Hall–Kier alpha value is -1.61.